The molecule has 0 aliphatic carbocycles. The number of rotatable bonds is 9. The van der Waals surface area contributed by atoms with E-state index in [2.05, 4.69) is 26.1 Å². The Morgan fingerprint density at radius 2 is 1.74 bits per heavy atom. The maximum absolute atomic E-state index is 13.1. The van der Waals surface area contributed by atoms with E-state index in [-0.39, 0.29) is 30.4 Å². The van der Waals surface area contributed by atoms with Crippen molar-refractivity contribution >= 4 is 23.4 Å². The molecule has 1 atom stereocenters. The predicted molar refractivity (Wildman–Crippen MR) is 125 cm³/mol. The maximum Gasteiger partial charge on any atom is 0.261 e. The molecule has 2 rings (SSSR count). The number of amides is 2. The van der Waals surface area contributed by atoms with Gasteiger partial charge in [0.1, 0.15) is 11.8 Å². The number of nitrogens with zero attached hydrogens (tertiary/aromatic N) is 1. The molecule has 0 unspecified atom stereocenters. The number of hydrogen-bond acceptors (Lipinski definition) is 3. The molecule has 0 heterocycles. The molecule has 0 saturated carbocycles. The first-order valence-corrected chi connectivity index (χ1v) is 11.0. The predicted octanol–water partition coefficient (Wildman–Crippen LogP) is 4.96. The van der Waals surface area contributed by atoms with E-state index in [0.717, 1.165) is 12.0 Å². The number of hydrogen-bond donors (Lipinski definition) is 1. The molecule has 168 valence electrons. The first kappa shape index (κ1) is 24.7. The topological polar surface area (TPSA) is 58.6 Å². The summed E-state index contributed by atoms with van der Waals surface area (Å²) < 4.78 is 5.74. The van der Waals surface area contributed by atoms with Crippen molar-refractivity contribution in [3.05, 3.63) is 64.7 Å². The molecule has 0 aromatic heterocycles. The van der Waals surface area contributed by atoms with Gasteiger partial charge in [-0.3, -0.25) is 9.59 Å². The minimum Gasteiger partial charge on any atom is -0.484 e. The number of benzene rings is 2. The molecule has 6 heteroatoms. The molecular weight excluding hydrogens is 412 g/mol. The molecule has 0 aliphatic rings. The van der Waals surface area contributed by atoms with E-state index in [4.69, 9.17) is 16.3 Å². The molecule has 1 N–H and O–H groups in total. The zero-order valence-corrected chi connectivity index (χ0v) is 19.8. The van der Waals surface area contributed by atoms with Crippen molar-refractivity contribution in [3.63, 3.8) is 0 Å². The Bertz CT molecular complexity index is 875. The lowest BCUT2D eigenvalue weighted by molar-refractivity contribution is -0.142. The third-order valence-corrected chi connectivity index (χ3v) is 5.47. The standard InChI is InChI=1S/C25H33ClN2O3/c1-6-15-27-24(30)18(2)28(16-19-9-7-8-10-22(19)26)23(29)17-31-21-13-11-20(12-14-21)25(3,4)5/h7-14,18H,6,15-17H2,1-5H3,(H,27,30)/t18-/m0/s1. The second-order valence-corrected chi connectivity index (χ2v) is 9.05. The highest BCUT2D eigenvalue weighted by Crippen LogP contribution is 2.24. The number of carbonyl (C=O) groups is 2. The first-order valence-electron chi connectivity index (χ1n) is 10.7. The van der Waals surface area contributed by atoms with E-state index < -0.39 is 6.04 Å². The average molecular weight is 445 g/mol. The lowest BCUT2D eigenvalue weighted by Gasteiger charge is -2.29. The van der Waals surface area contributed by atoms with E-state index in [0.29, 0.717) is 17.3 Å². The van der Waals surface area contributed by atoms with Crippen LogP contribution in [0.2, 0.25) is 5.02 Å². The largest absolute Gasteiger partial charge is 0.484 e. The normalized spacial score (nSPS) is 12.2. The molecule has 0 spiro atoms. The van der Waals surface area contributed by atoms with Crippen LogP contribution in [0.3, 0.4) is 0 Å². The summed E-state index contributed by atoms with van der Waals surface area (Å²) in [5.41, 5.74) is 2.01. The van der Waals surface area contributed by atoms with E-state index in [1.807, 2.05) is 49.4 Å². The molecule has 0 bridgehead atoms. The van der Waals surface area contributed by atoms with Gasteiger partial charge < -0.3 is 15.0 Å². The van der Waals surface area contributed by atoms with Gasteiger partial charge in [-0.25, -0.2) is 0 Å². The van der Waals surface area contributed by atoms with Gasteiger partial charge in [0.25, 0.3) is 5.91 Å². The fourth-order valence-corrected chi connectivity index (χ4v) is 3.26. The fourth-order valence-electron chi connectivity index (χ4n) is 3.07. The minimum atomic E-state index is -0.651. The SMILES string of the molecule is CCCNC(=O)[C@H](C)N(Cc1ccccc1Cl)C(=O)COc1ccc(C(C)(C)C)cc1. The van der Waals surface area contributed by atoms with E-state index in [1.54, 1.807) is 13.0 Å². The van der Waals surface area contributed by atoms with E-state index >= 15 is 0 Å². The summed E-state index contributed by atoms with van der Waals surface area (Å²) in [5, 5.41) is 3.41. The van der Waals surface area contributed by atoms with Gasteiger partial charge in [-0.05, 0) is 48.1 Å². The van der Waals surface area contributed by atoms with Gasteiger partial charge >= 0.3 is 0 Å². The molecule has 2 aromatic carbocycles. The Morgan fingerprint density at radius 1 is 1.10 bits per heavy atom. The third kappa shape index (κ3) is 7.28. The summed E-state index contributed by atoms with van der Waals surface area (Å²) in [7, 11) is 0. The second-order valence-electron chi connectivity index (χ2n) is 8.64. The van der Waals surface area contributed by atoms with Crippen molar-refractivity contribution in [2.24, 2.45) is 0 Å². The van der Waals surface area contributed by atoms with Crippen molar-refractivity contribution in [1.29, 1.82) is 0 Å². The Morgan fingerprint density at radius 3 is 2.32 bits per heavy atom. The van der Waals surface area contributed by atoms with E-state index in [9.17, 15) is 9.59 Å². The van der Waals surface area contributed by atoms with Crippen LogP contribution < -0.4 is 10.1 Å². The minimum absolute atomic E-state index is 0.0430. The maximum atomic E-state index is 13.1. The summed E-state index contributed by atoms with van der Waals surface area (Å²) in [4.78, 5) is 27.1. The van der Waals surface area contributed by atoms with Crippen molar-refractivity contribution in [3.8, 4) is 5.75 Å². The van der Waals surface area contributed by atoms with Gasteiger partial charge in [-0.1, -0.05) is 69.6 Å². The Hall–Kier alpha value is -2.53. The van der Waals surface area contributed by atoms with Crippen LogP contribution in [-0.2, 0) is 21.5 Å². The Balaban J connectivity index is 2.13. The highest BCUT2D eigenvalue weighted by Gasteiger charge is 2.27. The number of carbonyl (C=O) groups excluding carboxylic acids is 2. The lowest BCUT2D eigenvalue weighted by atomic mass is 9.87. The molecule has 0 aliphatic heterocycles. The Kier molecular flexibility index (Phi) is 8.93. The molecule has 31 heavy (non-hydrogen) atoms. The number of halogens is 1. The molecule has 5 nitrogen and oxygen atoms in total. The lowest BCUT2D eigenvalue weighted by Crippen LogP contribution is -2.49. The smallest absolute Gasteiger partial charge is 0.261 e. The summed E-state index contributed by atoms with van der Waals surface area (Å²) in [6.07, 6.45) is 0.824. The summed E-state index contributed by atoms with van der Waals surface area (Å²) >= 11 is 6.30. The molecule has 0 saturated heterocycles. The Labute approximate surface area is 190 Å². The van der Waals surface area contributed by atoms with Gasteiger partial charge in [0.15, 0.2) is 6.61 Å². The van der Waals surface area contributed by atoms with Crippen LogP contribution in [0.1, 0.15) is 52.2 Å². The molecule has 0 radical (unpaired) electrons. The van der Waals surface area contributed by atoms with Crippen molar-refractivity contribution < 1.29 is 14.3 Å². The monoisotopic (exact) mass is 444 g/mol. The fraction of sp³-hybridized carbons (Fsp3) is 0.440. The van der Waals surface area contributed by atoms with Crippen molar-refractivity contribution in [2.45, 2.75) is 59.0 Å². The quantitative estimate of drug-likeness (QED) is 0.594. The summed E-state index contributed by atoms with van der Waals surface area (Å²) in [6, 6.07) is 14.4. The van der Waals surface area contributed by atoms with Crippen molar-refractivity contribution in [1.82, 2.24) is 10.2 Å². The zero-order valence-electron chi connectivity index (χ0n) is 19.1. The van der Waals surface area contributed by atoms with Gasteiger partial charge in [-0.2, -0.15) is 0 Å². The van der Waals surface area contributed by atoms with E-state index in [1.165, 1.54) is 10.5 Å². The van der Waals surface area contributed by atoms with Gasteiger partial charge in [-0.15, -0.1) is 0 Å². The highest BCUT2D eigenvalue weighted by molar-refractivity contribution is 6.31. The number of nitrogens with one attached hydrogen (secondary N) is 1. The van der Waals surface area contributed by atoms with Crippen LogP contribution in [-0.4, -0.2) is 35.9 Å². The van der Waals surface area contributed by atoms with Crippen LogP contribution in [0.25, 0.3) is 0 Å². The van der Waals surface area contributed by atoms with Gasteiger partial charge in [0, 0.05) is 18.1 Å². The van der Waals surface area contributed by atoms with Crippen molar-refractivity contribution in [2.75, 3.05) is 13.2 Å². The van der Waals surface area contributed by atoms with Crippen LogP contribution >= 0.6 is 11.6 Å². The highest BCUT2D eigenvalue weighted by atomic mass is 35.5. The molecule has 2 aromatic rings. The first-order chi connectivity index (χ1) is 14.6. The van der Waals surface area contributed by atoms with Crippen LogP contribution in [0.5, 0.6) is 5.75 Å². The van der Waals surface area contributed by atoms with Gasteiger partial charge in [0.05, 0.1) is 0 Å². The molecule has 2 amide bonds. The van der Waals surface area contributed by atoms with Crippen LogP contribution in [0.15, 0.2) is 48.5 Å². The summed E-state index contributed by atoms with van der Waals surface area (Å²) in [6.45, 7) is 10.8. The zero-order chi connectivity index (χ0) is 23.0. The molecular formula is C25H33ClN2O3. The van der Waals surface area contributed by atoms with Gasteiger partial charge in [0.2, 0.25) is 5.91 Å². The average Bonchev–Trinajstić information content (AvgIpc) is 2.74. The second kappa shape index (κ2) is 11.2. The summed E-state index contributed by atoms with van der Waals surface area (Å²) in [5.74, 6) is 0.137. The van der Waals surface area contributed by atoms with Crippen LogP contribution in [0.4, 0.5) is 0 Å². The number of ether oxygens (including phenoxy) is 1. The molecule has 0 fully saturated rings. The van der Waals surface area contributed by atoms with Crippen LogP contribution in [0, 0.1) is 0 Å². The third-order valence-electron chi connectivity index (χ3n) is 5.10.